The van der Waals surface area contributed by atoms with Crippen LogP contribution in [0.5, 0.6) is 0 Å². The summed E-state index contributed by atoms with van der Waals surface area (Å²) in [4.78, 5) is 13.3. The largest absolute Gasteiger partial charge is 0.481 e. The van der Waals surface area contributed by atoms with E-state index < -0.39 is 5.97 Å². The second-order valence-electron chi connectivity index (χ2n) is 6.21. The number of hydrazone groups is 1. The second-order valence-corrected chi connectivity index (χ2v) is 6.21. The number of benzene rings is 1. The van der Waals surface area contributed by atoms with Crippen LogP contribution in [-0.2, 0) is 4.79 Å². The number of hydrogen-bond acceptors (Lipinski definition) is 5. The highest BCUT2D eigenvalue weighted by atomic mass is 16.4. The van der Waals surface area contributed by atoms with E-state index in [2.05, 4.69) is 15.4 Å². The molecule has 0 spiro atoms. The van der Waals surface area contributed by atoms with E-state index in [0.29, 0.717) is 13.1 Å². The van der Waals surface area contributed by atoms with E-state index in [1.54, 1.807) is 12.5 Å². The molecule has 1 aliphatic heterocycles. The number of hydrogen-bond donors (Lipinski definition) is 2. The van der Waals surface area contributed by atoms with Crippen LogP contribution in [0, 0.1) is 5.92 Å². The Morgan fingerprint density at radius 2 is 2.24 bits per heavy atom. The number of piperidine rings is 1. The lowest BCUT2D eigenvalue weighted by atomic mass is 9.98. The van der Waals surface area contributed by atoms with Gasteiger partial charge in [-0.3, -0.25) is 4.79 Å². The summed E-state index contributed by atoms with van der Waals surface area (Å²) in [5.74, 6) is -0.113. The van der Waals surface area contributed by atoms with Crippen LogP contribution in [0.15, 0.2) is 52.2 Å². The zero-order valence-corrected chi connectivity index (χ0v) is 14.1. The highest BCUT2D eigenvalue weighted by Gasteiger charge is 2.24. The molecule has 25 heavy (non-hydrogen) atoms. The van der Waals surface area contributed by atoms with Gasteiger partial charge in [-0.15, -0.1) is 0 Å². The lowest BCUT2D eigenvalue weighted by molar-refractivity contribution is -0.143. The zero-order chi connectivity index (χ0) is 17.5. The molecule has 2 N–H and O–H groups in total. The molecule has 1 atom stereocenters. The Hall–Kier alpha value is -2.60. The summed E-state index contributed by atoms with van der Waals surface area (Å²) in [5, 5.41) is 13.4. The lowest BCUT2D eigenvalue weighted by Gasteiger charge is -2.30. The Morgan fingerprint density at radius 3 is 3.04 bits per heavy atom. The standard InChI is InChI=1S/C19H23N3O3/c23-19(24)16-6-3-10-22(14-16)11-9-20-21-13-15-5-1-2-7-17(15)18-8-4-12-25-18/h1-2,4-5,7-8,12-13,16,20H,3,6,9-11,14H2,(H,23,24)/b21-13+. The topological polar surface area (TPSA) is 78.1 Å². The fraction of sp³-hybridized carbons (Fsp3) is 0.368. The summed E-state index contributed by atoms with van der Waals surface area (Å²) in [6.07, 6.45) is 5.16. The normalized spacial score (nSPS) is 18.5. The maximum absolute atomic E-state index is 11.1. The van der Waals surface area contributed by atoms with Crippen molar-refractivity contribution in [1.29, 1.82) is 0 Å². The smallest absolute Gasteiger partial charge is 0.307 e. The molecule has 6 heteroatoms. The Balaban J connectivity index is 1.49. The quantitative estimate of drug-likeness (QED) is 0.460. The van der Waals surface area contributed by atoms with Gasteiger partial charge in [0.25, 0.3) is 0 Å². The number of rotatable bonds is 7. The molecule has 2 heterocycles. The van der Waals surface area contributed by atoms with Gasteiger partial charge in [0.2, 0.25) is 0 Å². The number of carboxylic acids is 1. The van der Waals surface area contributed by atoms with Crippen LogP contribution >= 0.6 is 0 Å². The number of furan rings is 1. The Kier molecular flexibility index (Phi) is 5.85. The van der Waals surface area contributed by atoms with E-state index in [9.17, 15) is 4.79 Å². The Labute approximate surface area is 147 Å². The van der Waals surface area contributed by atoms with Gasteiger partial charge in [0, 0.05) is 30.8 Å². The first-order chi connectivity index (χ1) is 12.2. The molecular formula is C19H23N3O3. The maximum atomic E-state index is 11.1. The molecule has 3 rings (SSSR count). The van der Waals surface area contributed by atoms with Crippen LogP contribution in [-0.4, -0.2) is 48.4 Å². The molecule has 0 aliphatic carbocycles. The maximum Gasteiger partial charge on any atom is 0.307 e. The molecule has 1 saturated heterocycles. The van der Waals surface area contributed by atoms with Crippen LogP contribution in [0.1, 0.15) is 18.4 Å². The first-order valence-corrected chi connectivity index (χ1v) is 8.58. The molecule has 1 unspecified atom stereocenters. The van der Waals surface area contributed by atoms with Gasteiger partial charge in [0.1, 0.15) is 5.76 Å². The van der Waals surface area contributed by atoms with Gasteiger partial charge in [0.05, 0.1) is 18.4 Å². The summed E-state index contributed by atoms with van der Waals surface area (Å²) < 4.78 is 5.46. The number of carbonyl (C=O) groups is 1. The Bertz CT molecular complexity index is 712. The molecular weight excluding hydrogens is 318 g/mol. The Morgan fingerprint density at radius 1 is 1.36 bits per heavy atom. The van der Waals surface area contributed by atoms with Crippen molar-refractivity contribution in [3.05, 3.63) is 48.2 Å². The summed E-state index contributed by atoms with van der Waals surface area (Å²) in [6.45, 7) is 3.06. The van der Waals surface area contributed by atoms with Gasteiger partial charge < -0.3 is 19.8 Å². The van der Waals surface area contributed by atoms with Crippen molar-refractivity contribution in [2.45, 2.75) is 12.8 Å². The van der Waals surface area contributed by atoms with Crippen molar-refractivity contribution in [3.63, 3.8) is 0 Å². The number of carboxylic acid groups (broad SMARTS) is 1. The van der Waals surface area contributed by atoms with Gasteiger partial charge in [-0.25, -0.2) is 0 Å². The molecule has 132 valence electrons. The van der Waals surface area contributed by atoms with Gasteiger partial charge in [0.15, 0.2) is 0 Å². The first-order valence-electron chi connectivity index (χ1n) is 8.58. The van der Waals surface area contributed by atoms with E-state index in [0.717, 1.165) is 42.8 Å². The highest BCUT2D eigenvalue weighted by Crippen LogP contribution is 2.22. The summed E-state index contributed by atoms with van der Waals surface area (Å²) >= 11 is 0. The summed E-state index contributed by atoms with van der Waals surface area (Å²) in [6, 6.07) is 11.7. The van der Waals surface area contributed by atoms with Crippen LogP contribution in [0.4, 0.5) is 0 Å². The van der Waals surface area contributed by atoms with Crippen molar-refractivity contribution >= 4 is 12.2 Å². The molecule has 6 nitrogen and oxygen atoms in total. The second kappa shape index (κ2) is 8.48. The van der Waals surface area contributed by atoms with Crippen molar-refractivity contribution in [2.24, 2.45) is 11.0 Å². The van der Waals surface area contributed by atoms with Crippen molar-refractivity contribution in [3.8, 4) is 11.3 Å². The van der Waals surface area contributed by atoms with E-state index in [1.165, 1.54) is 0 Å². The minimum Gasteiger partial charge on any atom is -0.481 e. The van der Waals surface area contributed by atoms with E-state index in [1.807, 2.05) is 36.4 Å². The third-order valence-corrected chi connectivity index (χ3v) is 4.44. The highest BCUT2D eigenvalue weighted by molar-refractivity contribution is 5.89. The monoisotopic (exact) mass is 341 g/mol. The zero-order valence-electron chi connectivity index (χ0n) is 14.1. The molecule has 0 radical (unpaired) electrons. The minimum atomic E-state index is -0.690. The van der Waals surface area contributed by atoms with Crippen molar-refractivity contribution in [1.82, 2.24) is 10.3 Å². The van der Waals surface area contributed by atoms with E-state index in [4.69, 9.17) is 9.52 Å². The molecule has 1 fully saturated rings. The molecule has 0 amide bonds. The number of nitrogens with one attached hydrogen (secondary N) is 1. The SMILES string of the molecule is O=C(O)C1CCCN(CCN/N=C/c2ccccc2-c2ccco2)C1. The van der Waals surface area contributed by atoms with Crippen molar-refractivity contribution in [2.75, 3.05) is 26.2 Å². The van der Waals surface area contributed by atoms with Gasteiger partial charge in [-0.05, 0) is 31.5 Å². The first kappa shape index (κ1) is 17.2. The van der Waals surface area contributed by atoms with Crippen molar-refractivity contribution < 1.29 is 14.3 Å². The van der Waals surface area contributed by atoms with Crippen LogP contribution < -0.4 is 5.43 Å². The predicted molar refractivity (Wildman–Crippen MR) is 96.5 cm³/mol. The molecule has 1 aliphatic rings. The fourth-order valence-electron chi connectivity index (χ4n) is 3.11. The lowest BCUT2D eigenvalue weighted by Crippen LogP contribution is -2.41. The van der Waals surface area contributed by atoms with Gasteiger partial charge in [-0.1, -0.05) is 24.3 Å². The number of nitrogens with zero attached hydrogens (tertiary/aromatic N) is 2. The molecule has 0 saturated carbocycles. The van der Waals surface area contributed by atoms with E-state index in [-0.39, 0.29) is 5.92 Å². The number of likely N-dealkylation sites (tertiary alicyclic amines) is 1. The molecule has 1 aromatic carbocycles. The molecule has 2 aromatic rings. The average molecular weight is 341 g/mol. The summed E-state index contributed by atoms with van der Waals surface area (Å²) in [7, 11) is 0. The third-order valence-electron chi connectivity index (χ3n) is 4.44. The van der Waals surface area contributed by atoms with Crippen LogP contribution in [0.3, 0.4) is 0 Å². The fourth-order valence-corrected chi connectivity index (χ4v) is 3.11. The van der Waals surface area contributed by atoms with Crippen LogP contribution in [0.25, 0.3) is 11.3 Å². The van der Waals surface area contributed by atoms with Crippen LogP contribution in [0.2, 0.25) is 0 Å². The molecule has 0 bridgehead atoms. The molecule has 1 aromatic heterocycles. The van der Waals surface area contributed by atoms with Gasteiger partial charge in [-0.2, -0.15) is 5.10 Å². The predicted octanol–water partition coefficient (Wildman–Crippen LogP) is 2.67. The number of aliphatic carboxylic acids is 1. The average Bonchev–Trinajstić information content (AvgIpc) is 3.16. The third kappa shape index (κ3) is 4.70. The summed E-state index contributed by atoms with van der Waals surface area (Å²) in [5.41, 5.74) is 5.03. The van der Waals surface area contributed by atoms with Gasteiger partial charge >= 0.3 is 5.97 Å². The minimum absolute atomic E-state index is 0.238. The van der Waals surface area contributed by atoms with E-state index >= 15 is 0 Å².